The first-order chi connectivity index (χ1) is 5.67. The molecule has 12 heavy (non-hydrogen) atoms. The van der Waals surface area contributed by atoms with Gasteiger partial charge in [-0.25, -0.2) is 12.7 Å². The Morgan fingerprint density at radius 1 is 1.50 bits per heavy atom. The van der Waals surface area contributed by atoms with Crippen LogP contribution in [0.25, 0.3) is 0 Å². The number of hydrogen-bond donors (Lipinski definition) is 1. The van der Waals surface area contributed by atoms with Gasteiger partial charge in [0.05, 0.1) is 5.75 Å². The average Bonchev–Trinajstić information content (AvgIpc) is 2.32. The molecule has 4 nitrogen and oxygen atoms in total. The van der Waals surface area contributed by atoms with Crippen LogP contribution in [0.15, 0.2) is 0 Å². The molecule has 0 aromatic rings. The van der Waals surface area contributed by atoms with Gasteiger partial charge in [-0.05, 0) is 26.4 Å². The Hall–Kier alpha value is -0.130. The number of sulfonamides is 1. The van der Waals surface area contributed by atoms with E-state index in [0.717, 1.165) is 19.4 Å². The van der Waals surface area contributed by atoms with Gasteiger partial charge >= 0.3 is 0 Å². The van der Waals surface area contributed by atoms with Crippen LogP contribution in [0.3, 0.4) is 0 Å². The maximum Gasteiger partial charge on any atom is 0.214 e. The van der Waals surface area contributed by atoms with Crippen molar-refractivity contribution in [3.05, 3.63) is 0 Å². The summed E-state index contributed by atoms with van der Waals surface area (Å²) in [6, 6.07) is 0. The summed E-state index contributed by atoms with van der Waals surface area (Å²) in [5.41, 5.74) is 0. The van der Waals surface area contributed by atoms with Gasteiger partial charge in [-0.15, -0.1) is 0 Å². The second-order valence-corrected chi connectivity index (χ2v) is 5.11. The third-order valence-corrected chi connectivity index (χ3v) is 3.99. The van der Waals surface area contributed by atoms with E-state index in [4.69, 9.17) is 0 Å². The Labute approximate surface area is 74.0 Å². The monoisotopic (exact) mass is 192 g/mol. The summed E-state index contributed by atoms with van der Waals surface area (Å²) < 4.78 is 24.1. The Kier molecular flexibility index (Phi) is 3.49. The maximum atomic E-state index is 11.3. The van der Waals surface area contributed by atoms with Crippen LogP contribution in [0.5, 0.6) is 0 Å². The van der Waals surface area contributed by atoms with Gasteiger partial charge < -0.3 is 5.32 Å². The van der Waals surface area contributed by atoms with Crippen LogP contribution < -0.4 is 5.32 Å². The van der Waals surface area contributed by atoms with E-state index in [2.05, 4.69) is 5.32 Å². The minimum Gasteiger partial charge on any atom is -0.320 e. The first-order valence-electron chi connectivity index (χ1n) is 4.29. The van der Waals surface area contributed by atoms with Crippen molar-refractivity contribution in [2.75, 3.05) is 32.4 Å². The average molecular weight is 192 g/mol. The third kappa shape index (κ3) is 2.43. The highest BCUT2D eigenvalue weighted by Crippen LogP contribution is 2.12. The minimum absolute atomic E-state index is 0.340. The lowest BCUT2D eigenvalue weighted by atomic mass is 10.4. The molecule has 0 aromatic carbocycles. The topological polar surface area (TPSA) is 49.4 Å². The van der Waals surface area contributed by atoms with Gasteiger partial charge in [-0.2, -0.15) is 0 Å². The van der Waals surface area contributed by atoms with Crippen molar-refractivity contribution in [2.24, 2.45) is 0 Å². The first kappa shape index (κ1) is 9.95. The van der Waals surface area contributed by atoms with Crippen molar-refractivity contribution in [3.8, 4) is 0 Å². The van der Waals surface area contributed by atoms with Crippen molar-refractivity contribution in [2.45, 2.75) is 12.8 Å². The Morgan fingerprint density at radius 2 is 2.25 bits per heavy atom. The van der Waals surface area contributed by atoms with E-state index in [-0.39, 0.29) is 0 Å². The molecule has 1 heterocycles. The summed E-state index contributed by atoms with van der Waals surface area (Å²) in [5, 5.41) is 3.00. The molecule has 0 saturated carbocycles. The summed E-state index contributed by atoms with van der Waals surface area (Å²) in [6.45, 7) is 2.27. The third-order valence-electron chi connectivity index (χ3n) is 2.04. The van der Waals surface area contributed by atoms with Gasteiger partial charge in [0.1, 0.15) is 0 Å². The molecule has 0 aliphatic carbocycles. The molecular formula is C7H16N2O2S. The van der Waals surface area contributed by atoms with Gasteiger partial charge in [-0.3, -0.25) is 0 Å². The van der Waals surface area contributed by atoms with E-state index >= 15 is 0 Å². The van der Waals surface area contributed by atoms with Gasteiger partial charge in [0.25, 0.3) is 0 Å². The molecule has 0 amide bonds. The van der Waals surface area contributed by atoms with Crippen molar-refractivity contribution in [1.82, 2.24) is 9.62 Å². The lowest BCUT2D eigenvalue weighted by molar-refractivity contribution is 0.433. The first-order valence-corrected chi connectivity index (χ1v) is 5.90. The Morgan fingerprint density at radius 3 is 2.75 bits per heavy atom. The van der Waals surface area contributed by atoms with E-state index in [1.54, 1.807) is 4.31 Å². The highest BCUT2D eigenvalue weighted by atomic mass is 32.2. The van der Waals surface area contributed by atoms with Crippen LogP contribution >= 0.6 is 0 Å². The van der Waals surface area contributed by atoms with Gasteiger partial charge in [-0.1, -0.05) is 0 Å². The normalized spacial score (nSPS) is 23.1. The highest BCUT2D eigenvalue weighted by molar-refractivity contribution is 7.89. The van der Waals surface area contributed by atoms with Crippen LogP contribution in [0.1, 0.15) is 12.8 Å². The highest BCUT2D eigenvalue weighted by Gasteiger charge is 2.26. The molecule has 0 unspecified atom stereocenters. The van der Waals surface area contributed by atoms with E-state index in [9.17, 15) is 8.42 Å². The van der Waals surface area contributed by atoms with Gasteiger partial charge in [0.15, 0.2) is 0 Å². The fourth-order valence-corrected chi connectivity index (χ4v) is 2.94. The number of nitrogens with one attached hydrogen (secondary N) is 1. The summed E-state index contributed by atoms with van der Waals surface area (Å²) in [4.78, 5) is 0. The molecule has 0 spiro atoms. The molecule has 1 saturated heterocycles. The maximum absolute atomic E-state index is 11.3. The zero-order chi connectivity index (χ0) is 9.03. The Balaban J connectivity index is 2.32. The summed E-state index contributed by atoms with van der Waals surface area (Å²) in [6.07, 6.45) is 1.69. The van der Waals surface area contributed by atoms with E-state index < -0.39 is 10.0 Å². The fraction of sp³-hybridized carbons (Fsp3) is 1.00. The molecule has 1 fully saturated rings. The molecule has 72 valence electrons. The number of rotatable bonds is 4. The zero-order valence-corrected chi connectivity index (χ0v) is 8.23. The molecule has 1 aliphatic rings. The minimum atomic E-state index is -2.86. The van der Waals surface area contributed by atoms with Gasteiger partial charge in [0.2, 0.25) is 10.0 Å². The number of nitrogens with zero attached hydrogens (tertiary/aromatic N) is 1. The Bertz CT molecular complexity index is 226. The lowest BCUT2D eigenvalue weighted by Crippen LogP contribution is -2.28. The molecule has 0 atom stereocenters. The summed E-state index contributed by atoms with van der Waals surface area (Å²) in [7, 11) is -0.988. The molecular weight excluding hydrogens is 176 g/mol. The SMILES string of the molecule is CNCCCN1CCCS1(=O)=O. The van der Waals surface area contributed by atoms with Crippen LogP contribution in [-0.2, 0) is 10.0 Å². The van der Waals surface area contributed by atoms with Crippen LogP contribution in [0.4, 0.5) is 0 Å². The smallest absolute Gasteiger partial charge is 0.214 e. The standard InChI is InChI=1S/C7H16N2O2S/c1-8-4-2-5-9-6-3-7-12(9,10)11/h8H,2-7H2,1H3. The van der Waals surface area contributed by atoms with Crippen molar-refractivity contribution < 1.29 is 8.42 Å². The second-order valence-electron chi connectivity index (χ2n) is 3.03. The van der Waals surface area contributed by atoms with E-state index in [1.165, 1.54) is 0 Å². The second kappa shape index (κ2) is 4.20. The molecule has 0 radical (unpaired) electrons. The van der Waals surface area contributed by atoms with Crippen molar-refractivity contribution >= 4 is 10.0 Å². The van der Waals surface area contributed by atoms with Crippen LogP contribution in [0.2, 0.25) is 0 Å². The molecule has 0 aromatic heterocycles. The van der Waals surface area contributed by atoms with Crippen molar-refractivity contribution in [1.29, 1.82) is 0 Å². The predicted octanol–water partition coefficient (Wildman–Crippen LogP) is -0.369. The molecule has 5 heteroatoms. The predicted molar refractivity (Wildman–Crippen MR) is 48.5 cm³/mol. The summed E-state index contributed by atoms with van der Waals surface area (Å²) >= 11 is 0. The molecule has 1 N–H and O–H groups in total. The van der Waals surface area contributed by atoms with E-state index in [0.29, 0.717) is 18.8 Å². The molecule has 0 bridgehead atoms. The summed E-state index contributed by atoms with van der Waals surface area (Å²) in [5.74, 6) is 0.340. The molecule has 1 rings (SSSR count). The fourth-order valence-electron chi connectivity index (χ4n) is 1.37. The molecule has 1 aliphatic heterocycles. The van der Waals surface area contributed by atoms with Crippen LogP contribution in [-0.4, -0.2) is 45.2 Å². The number of hydrogen-bond acceptors (Lipinski definition) is 3. The van der Waals surface area contributed by atoms with Crippen molar-refractivity contribution in [3.63, 3.8) is 0 Å². The quantitative estimate of drug-likeness (QED) is 0.618. The van der Waals surface area contributed by atoms with E-state index in [1.807, 2.05) is 7.05 Å². The largest absolute Gasteiger partial charge is 0.320 e. The zero-order valence-electron chi connectivity index (χ0n) is 7.41. The van der Waals surface area contributed by atoms with Crippen LogP contribution in [0, 0.1) is 0 Å². The lowest BCUT2D eigenvalue weighted by Gasteiger charge is -2.13. The van der Waals surface area contributed by atoms with Gasteiger partial charge in [0, 0.05) is 13.1 Å².